The van der Waals surface area contributed by atoms with Gasteiger partial charge in [0.1, 0.15) is 0 Å². The fourth-order valence-electron chi connectivity index (χ4n) is 0.0292. The summed E-state index contributed by atoms with van der Waals surface area (Å²) in [5.74, 6) is 0. The van der Waals surface area contributed by atoms with Crippen LogP contribution in [-0.2, 0) is 0 Å². The molecule has 0 nitrogen and oxygen atoms in total. The second kappa shape index (κ2) is 5.75. The van der Waals surface area contributed by atoms with Crippen LogP contribution < -0.4 is 0 Å². The molecule has 0 fully saturated rings. The third kappa shape index (κ3) is 5.75. The zero-order valence-corrected chi connectivity index (χ0v) is 8.08. The van der Waals surface area contributed by atoms with E-state index in [-0.39, 0.29) is 18.7 Å². The molecule has 0 N–H and O–H groups in total. The summed E-state index contributed by atoms with van der Waals surface area (Å²) in [6.07, 6.45) is 0. The van der Waals surface area contributed by atoms with Crippen LogP contribution in [-0.4, -0.2) is 24.0 Å². The summed E-state index contributed by atoms with van der Waals surface area (Å²) in [5, 5.41) is 1.17. The van der Waals surface area contributed by atoms with Crippen molar-refractivity contribution in [2.24, 2.45) is 0 Å². The van der Waals surface area contributed by atoms with Crippen LogP contribution in [0.3, 0.4) is 0 Å². The van der Waals surface area contributed by atoms with Crippen molar-refractivity contribution in [3.8, 4) is 0 Å². The Hall–Kier alpha value is 1.75. The van der Waals surface area contributed by atoms with Gasteiger partial charge in [-0.1, -0.05) is 0 Å². The predicted molar refractivity (Wildman–Crippen MR) is 33.3 cm³/mol. The molecule has 5 heavy (non-hydrogen) atoms. The average molecular weight is 315 g/mol. The van der Waals surface area contributed by atoms with Gasteiger partial charge in [-0.05, 0) is 0 Å². The predicted octanol–water partition coefficient (Wildman–Crippen LogP) is 1.81. The Morgan fingerprint density at radius 2 is 2.20 bits per heavy atom. The summed E-state index contributed by atoms with van der Waals surface area (Å²) < 4.78 is 1.35. The van der Waals surface area contributed by atoms with Crippen LogP contribution in [0.5, 0.6) is 0 Å². The fourth-order valence-corrected chi connectivity index (χ4v) is 5.28. The summed E-state index contributed by atoms with van der Waals surface area (Å²) in [5.41, 5.74) is 0. The molecular weight excluding hydrogens is 311 g/mol. The van der Waals surface area contributed by atoms with Gasteiger partial charge < -0.3 is 0 Å². The van der Waals surface area contributed by atoms with Crippen molar-refractivity contribution >= 4 is 47.4 Å². The van der Waals surface area contributed by atoms with Crippen molar-refractivity contribution in [3.63, 3.8) is 0 Å². The molecule has 0 saturated heterocycles. The average Bonchev–Trinajstić information content (AvgIpc) is 1.41. The fraction of sp³-hybridized carbons (Fsp3) is 1.00. The molecule has 0 aromatic carbocycles. The number of hydrogen-bond donors (Lipinski definition) is 0. The first-order valence-electron chi connectivity index (χ1n) is 1.21. The molecule has 0 saturated carbocycles. The Kier molecular flexibility index (Phi) is 7.76. The quantitative estimate of drug-likeness (QED) is 0.539. The van der Waals surface area contributed by atoms with Gasteiger partial charge in [0.25, 0.3) is 0 Å². The van der Waals surface area contributed by atoms with Gasteiger partial charge in [-0.3, -0.25) is 0 Å². The first-order valence-corrected chi connectivity index (χ1v) is 9.20. The van der Waals surface area contributed by atoms with E-state index in [2.05, 4.69) is 28.7 Å². The van der Waals surface area contributed by atoms with Crippen LogP contribution >= 0.6 is 28.7 Å². The zero-order chi connectivity index (χ0) is 4.12. The number of alkyl halides is 1. The first-order chi connectivity index (χ1) is 2.41. The molecule has 0 spiro atoms. The van der Waals surface area contributed by atoms with E-state index in [1.807, 2.05) is 0 Å². The summed E-state index contributed by atoms with van der Waals surface area (Å²) in [6.45, 7) is 0. The van der Waals surface area contributed by atoms with Crippen molar-refractivity contribution in [1.82, 2.24) is 0 Å². The van der Waals surface area contributed by atoms with E-state index >= 15 is 0 Å². The normalized spacial score (nSPS) is 8.40. The molecule has 0 rings (SSSR count). The maximum absolute atomic E-state index is 3.41. The molecule has 0 unspecified atom stereocenters. The molecule has 0 aromatic heterocycles. The molecule has 0 aliphatic carbocycles. The summed E-state index contributed by atoms with van der Waals surface area (Å²) in [4.78, 5) is 0. The molecule has 0 radical (unpaired) electrons. The first kappa shape index (κ1) is 6.75. The molecule has 0 aliphatic rings. The third-order valence-electron chi connectivity index (χ3n) is 0.154. The Morgan fingerprint density at radius 1 is 1.60 bits per heavy atom. The van der Waals surface area contributed by atoms with Crippen molar-refractivity contribution < 1.29 is 0 Å². The number of rotatable bonds is 2. The van der Waals surface area contributed by atoms with Gasteiger partial charge in [-0.25, -0.2) is 0 Å². The molecule has 0 bridgehead atoms. The molecular formula is C2H4Br2Te. The second-order valence-electron chi connectivity index (χ2n) is 0.502. The van der Waals surface area contributed by atoms with Gasteiger partial charge >= 0.3 is 57.2 Å². The second-order valence-corrected chi connectivity index (χ2v) is 6.15. The van der Waals surface area contributed by atoms with Crippen LogP contribution in [0, 0.1) is 0 Å². The molecule has 0 aliphatic heterocycles. The van der Waals surface area contributed by atoms with Crippen molar-refractivity contribution in [1.29, 1.82) is 0 Å². The molecule has 32 valence electrons. The number of halogens is 2. The van der Waals surface area contributed by atoms with Gasteiger partial charge in [0, 0.05) is 0 Å². The maximum atomic E-state index is 3.41. The van der Waals surface area contributed by atoms with Gasteiger partial charge in [-0.15, -0.1) is 0 Å². The van der Waals surface area contributed by atoms with Crippen molar-refractivity contribution in [2.45, 2.75) is 4.47 Å². The molecule has 0 atom stereocenters. The third-order valence-corrected chi connectivity index (χ3v) is 5.38. The SMILES string of the molecule is BrCC[Te]Br. The van der Waals surface area contributed by atoms with Crippen LogP contribution in [0.4, 0.5) is 0 Å². The molecule has 0 heterocycles. The minimum absolute atomic E-state index is 0.239. The standard InChI is InChI=1S/C2H4Br2Te/c3-1-2-5-4/h1-2H2. The van der Waals surface area contributed by atoms with Gasteiger partial charge in [-0.2, -0.15) is 0 Å². The van der Waals surface area contributed by atoms with Crippen molar-refractivity contribution in [3.05, 3.63) is 0 Å². The summed E-state index contributed by atoms with van der Waals surface area (Å²) in [7, 11) is 0. The van der Waals surface area contributed by atoms with Crippen LogP contribution in [0.1, 0.15) is 0 Å². The van der Waals surface area contributed by atoms with Crippen LogP contribution in [0.2, 0.25) is 4.47 Å². The Balaban J connectivity index is 2.19. The van der Waals surface area contributed by atoms with Gasteiger partial charge in [0.05, 0.1) is 0 Å². The number of hydrogen-bond acceptors (Lipinski definition) is 0. The molecule has 3 heteroatoms. The van der Waals surface area contributed by atoms with E-state index < -0.39 is 0 Å². The minimum atomic E-state index is 0.239. The zero-order valence-electron chi connectivity index (χ0n) is 2.58. The van der Waals surface area contributed by atoms with E-state index in [1.54, 1.807) is 0 Å². The molecule has 0 aromatic rings. The van der Waals surface area contributed by atoms with Crippen LogP contribution in [0.15, 0.2) is 0 Å². The van der Waals surface area contributed by atoms with E-state index in [0.717, 1.165) is 0 Å². The summed E-state index contributed by atoms with van der Waals surface area (Å²) in [6, 6.07) is 0. The topological polar surface area (TPSA) is 0 Å². The van der Waals surface area contributed by atoms with E-state index in [9.17, 15) is 0 Å². The van der Waals surface area contributed by atoms with E-state index in [0.29, 0.717) is 0 Å². The van der Waals surface area contributed by atoms with E-state index in [4.69, 9.17) is 0 Å². The van der Waals surface area contributed by atoms with E-state index in [1.165, 1.54) is 9.80 Å². The van der Waals surface area contributed by atoms with Gasteiger partial charge in [0.15, 0.2) is 0 Å². The monoisotopic (exact) mass is 316 g/mol. The molecule has 0 amide bonds. The Morgan fingerprint density at radius 3 is 2.20 bits per heavy atom. The van der Waals surface area contributed by atoms with Crippen LogP contribution in [0.25, 0.3) is 0 Å². The Labute approximate surface area is 56.7 Å². The summed E-state index contributed by atoms with van der Waals surface area (Å²) >= 11 is 6.96. The van der Waals surface area contributed by atoms with Gasteiger partial charge in [0.2, 0.25) is 0 Å². The Bertz CT molecular complexity index is 15.1. The van der Waals surface area contributed by atoms with Crippen molar-refractivity contribution in [2.75, 3.05) is 5.33 Å².